The second kappa shape index (κ2) is 8.80. The molecule has 154 valence electrons. The van der Waals surface area contributed by atoms with Crippen LogP contribution < -0.4 is 0 Å². The van der Waals surface area contributed by atoms with Crippen LogP contribution >= 0.6 is 0 Å². The molecule has 0 amide bonds. The van der Waals surface area contributed by atoms with Crippen molar-refractivity contribution in [1.29, 1.82) is 0 Å². The molecule has 4 aromatic rings. The molecule has 4 heteroatoms. The van der Waals surface area contributed by atoms with Gasteiger partial charge in [-0.05, 0) is 47.7 Å². The first-order chi connectivity index (χ1) is 14.6. The van der Waals surface area contributed by atoms with E-state index in [4.69, 9.17) is 9.15 Å². The van der Waals surface area contributed by atoms with Crippen molar-refractivity contribution in [2.45, 2.75) is 33.3 Å². The molecule has 0 fully saturated rings. The largest absolute Gasteiger partial charge is 0.455 e. The average molecular weight is 406 g/mol. The number of ether oxygens (including phenoxy) is 1. The molecule has 3 aromatic carbocycles. The molecule has 0 N–H and O–H groups in total. The summed E-state index contributed by atoms with van der Waals surface area (Å²) >= 11 is 0. The molecule has 0 saturated carbocycles. The van der Waals surface area contributed by atoms with E-state index < -0.39 is 11.6 Å². The number of furan rings is 1. The van der Waals surface area contributed by atoms with E-state index in [9.17, 15) is 8.78 Å². The topological polar surface area (TPSA) is 22.4 Å². The predicted molar refractivity (Wildman–Crippen MR) is 116 cm³/mol. The fraction of sp³-hybridized carbons (Fsp3) is 0.231. The van der Waals surface area contributed by atoms with Crippen molar-refractivity contribution in [3.05, 3.63) is 83.6 Å². The molecule has 0 saturated heterocycles. The molecule has 4 rings (SSSR count). The second-order valence-corrected chi connectivity index (χ2v) is 7.34. The zero-order chi connectivity index (χ0) is 21.1. The summed E-state index contributed by atoms with van der Waals surface area (Å²) < 4.78 is 40.1. The second-order valence-electron chi connectivity index (χ2n) is 7.34. The lowest BCUT2D eigenvalue weighted by Crippen LogP contribution is -1.91. The van der Waals surface area contributed by atoms with Gasteiger partial charge in [0, 0.05) is 17.6 Å². The molecule has 0 aliphatic carbocycles. The monoisotopic (exact) mass is 406 g/mol. The van der Waals surface area contributed by atoms with Crippen LogP contribution in [0.25, 0.3) is 33.2 Å². The number of hydrogen-bond acceptors (Lipinski definition) is 2. The van der Waals surface area contributed by atoms with Crippen LogP contribution in [0.1, 0.15) is 31.6 Å². The molecular weight excluding hydrogens is 382 g/mol. The van der Waals surface area contributed by atoms with E-state index in [2.05, 4.69) is 31.2 Å². The Balaban J connectivity index is 1.65. The van der Waals surface area contributed by atoms with Gasteiger partial charge in [-0.25, -0.2) is 4.39 Å². The molecule has 0 unspecified atom stereocenters. The van der Waals surface area contributed by atoms with Crippen molar-refractivity contribution < 1.29 is 17.9 Å². The fourth-order valence-electron chi connectivity index (χ4n) is 3.65. The summed E-state index contributed by atoms with van der Waals surface area (Å²) in [4.78, 5) is 0. The minimum absolute atomic E-state index is 0.0743. The first-order valence-corrected chi connectivity index (χ1v) is 10.3. The van der Waals surface area contributed by atoms with Crippen molar-refractivity contribution >= 4 is 11.0 Å². The maximum Gasteiger partial charge on any atom is 0.202 e. The zero-order valence-corrected chi connectivity index (χ0v) is 17.2. The Kier molecular flexibility index (Phi) is 5.96. The summed E-state index contributed by atoms with van der Waals surface area (Å²) in [6.45, 7) is 4.78. The summed E-state index contributed by atoms with van der Waals surface area (Å²) in [6, 6.07) is 19.3. The fourth-order valence-corrected chi connectivity index (χ4v) is 3.65. The lowest BCUT2D eigenvalue weighted by molar-refractivity contribution is 0.119. The maximum atomic E-state index is 14.8. The van der Waals surface area contributed by atoms with Gasteiger partial charge < -0.3 is 9.15 Å². The number of benzene rings is 3. The SMILES string of the molecule is CCCc1ccc(-c2ccc(-c3cc4cc(COCC)oc4c(F)c3F)cc2)cc1. The van der Waals surface area contributed by atoms with Gasteiger partial charge in [0.2, 0.25) is 5.82 Å². The molecule has 0 bridgehead atoms. The average Bonchev–Trinajstić information content (AvgIpc) is 3.19. The van der Waals surface area contributed by atoms with Crippen molar-refractivity contribution in [1.82, 2.24) is 0 Å². The van der Waals surface area contributed by atoms with E-state index in [0.29, 0.717) is 23.3 Å². The molecule has 30 heavy (non-hydrogen) atoms. The highest BCUT2D eigenvalue weighted by Gasteiger charge is 2.19. The Morgan fingerprint density at radius 1 is 0.800 bits per heavy atom. The summed E-state index contributed by atoms with van der Waals surface area (Å²) in [5.74, 6) is -1.40. The number of aryl methyl sites for hydroxylation is 1. The van der Waals surface area contributed by atoms with E-state index >= 15 is 0 Å². The third-order valence-corrected chi connectivity index (χ3v) is 5.21. The number of halogens is 2. The Morgan fingerprint density at radius 2 is 1.43 bits per heavy atom. The molecule has 0 aliphatic heterocycles. The quantitative estimate of drug-likeness (QED) is 0.316. The molecule has 0 radical (unpaired) electrons. The van der Waals surface area contributed by atoms with Gasteiger partial charge in [0.25, 0.3) is 0 Å². The first kappa shape index (κ1) is 20.3. The van der Waals surface area contributed by atoms with Crippen LogP contribution in [0.15, 0.2) is 65.1 Å². The van der Waals surface area contributed by atoms with Gasteiger partial charge in [0.1, 0.15) is 12.4 Å². The van der Waals surface area contributed by atoms with E-state index in [1.165, 1.54) is 5.56 Å². The third kappa shape index (κ3) is 4.01. The molecular formula is C26H24F2O2. The van der Waals surface area contributed by atoms with Gasteiger partial charge in [-0.1, -0.05) is 61.9 Å². The van der Waals surface area contributed by atoms with Crippen LogP contribution in [0.4, 0.5) is 8.78 Å². The van der Waals surface area contributed by atoms with Crippen LogP contribution in [0.5, 0.6) is 0 Å². The molecule has 1 aromatic heterocycles. The van der Waals surface area contributed by atoms with Crippen LogP contribution in [0.2, 0.25) is 0 Å². The van der Waals surface area contributed by atoms with E-state index in [-0.39, 0.29) is 17.8 Å². The summed E-state index contributed by atoms with van der Waals surface area (Å²) in [7, 11) is 0. The van der Waals surface area contributed by atoms with Gasteiger partial charge in [0.05, 0.1) is 0 Å². The van der Waals surface area contributed by atoms with Gasteiger partial charge in [-0.3, -0.25) is 0 Å². The van der Waals surface area contributed by atoms with Gasteiger partial charge in [-0.15, -0.1) is 0 Å². The van der Waals surface area contributed by atoms with E-state index in [1.54, 1.807) is 12.1 Å². The van der Waals surface area contributed by atoms with E-state index in [0.717, 1.165) is 24.0 Å². The lowest BCUT2D eigenvalue weighted by atomic mass is 9.98. The smallest absolute Gasteiger partial charge is 0.202 e. The first-order valence-electron chi connectivity index (χ1n) is 10.3. The molecule has 0 aliphatic rings. The zero-order valence-electron chi connectivity index (χ0n) is 17.2. The van der Waals surface area contributed by atoms with Crippen LogP contribution in [0, 0.1) is 11.6 Å². The van der Waals surface area contributed by atoms with Crippen molar-refractivity contribution in [3.8, 4) is 22.3 Å². The Labute approximate surface area is 175 Å². The Hall–Kier alpha value is -2.98. The highest BCUT2D eigenvalue weighted by atomic mass is 19.2. The highest BCUT2D eigenvalue weighted by Crippen LogP contribution is 2.33. The maximum absolute atomic E-state index is 14.8. The number of hydrogen-bond donors (Lipinski definition) is 0. The third-order valence-electron chi connectivity index (χ3n) is 5.21. The standard InChI is InChI=1S/C26H24F2O2/c1-3-5-17-6-8-18(9-7-17)19-10-12-20(13-11-19)23-15-21-14-22(16-29-4-2)30-26(21)25(28)24(23)27/h6-15H,3-5,16H2,1-2H3. The Morgan fingerprint density at radius 3 is 2.07 bits per heavy atom. The summed E-state index contributed by atoms with van der Waals surface area (Å²) in [6.07, 6.45) is 2.18. The van der Waals surface area contributed by atoms with Crippen LogP contribution in [-0.4, -0.2) is 6.61 Å². The predicted octanol–water partition coefficient (Wildman–Crippen LogP) is 7.53. The summed E-state index contributed by atoms with van der Waals surface area (Å²) in [5.41, 5.74) is 4.20. The summed E-state index contributed by atoms with van der Waals surface area (Å²) in [5, 5.41) is 0.522. The van der Waals surface area contributed by atoms with Crippen molar-refractivity contribution in [2.75, 3.05) is 6.61 Å². The lowest BCUT2D eigenvalue weighted by Gasteiger charge is -2.08. The normalized spacial score (nSPS) is 11.3. The van der Waals surface area contributed by atoms with Gasteiger partial charge >= 0.3 is 0 Å². The molecule has 2 nitrogen and oxygen atoms in total. The molecule has 0 spiro atoms. The van der Waals surface area contributed by atoms with Crippen molar-refractivity contribution in [3.63, 3.8) is 0 Å². The van der Waals surface area contributed by atoms with Crippen LogP contribution in [-0.2, 0) is 17.8 Å². The Bertz CT molecular complexity index is 1140. The highest BCUT2D eigenvalue weighted by molar-refractivity contribution is 5.85. The van der Waals surface area contributed by atoms with Crippen molar-refractivity contribution in [2.24, 2.45) is 0 Å². The van der Waals surface area contributed by atoms with Gasteiger partial charge in [-0.2, -0.15) is 4.39 Å². The number of fused-ring (bicyclic) bond motifs is 1. The van der Waals surface area contributed by atoms with Gasteiger partial charge in [0.15, 0.2) is 11.4 Å². The van der Waals surface area contributed by atoms with E-state index in [1.807, 2.05) is 31.2 Å². The molecule has 1 heterocycles. The number of rotatable bonds is 7. The molecule has 0 atom stereocenters. The minimum atomic E-state index is -0.971. The van der Waals surface area contributed by atoms with Crippen LogP contribution in [0.3, 0.4) is 0 Å². The minimum Gasteiger partial charge on any atom is -0.455 e.